The van der Waals surface area contributed by atoms with Crippen molar-refractivity contribution in [3.8, 4) is 12.3 Å². The minimum atomic E-state index is 0.303. The van der Waals surface area contributed by atoms with E-state index in [0.29, 0.717) is 18.0 Å². The smallest absolute Gasteiger partial charge is 0.0738 e. The van der Waals surface area contributed by atoms with E-state index in [4.69, 9.17) is 6.42 Å². The maximum absolute atomic E-state index is 5.55. The zero-order valence-electron chi connectivity index (χ0n) is 8.88. The number of rotatable bonds is 2. The zero-order valence-corrected chi connectivity index (χ0v) is 8.88. The van der Waals surface area contributed by atoms with E-state index in [9.17, 15) is 0 Å². The van der Waals surface area contributed by atoms with Crippen molar-refractivity contribution in [2.24, 2.45) is 5.92 Å². The Morgan fingerprint density at radius 3 is 2.69 bits per heavy atom. The highest BCUT2D eigenvalue weighted by molar-refractivity contribution is 5.03. The van der Waals surface area contributed by atoms with E-state index in [0.717, 1.165) is 19.6 Å². The Bertz CT molecular complexity index is 193. The van der Waals surface area contributed by atoms with Crippen molar-refractivity contribution in [2.75, 3.05) is 19.6 Å². The second kappa shape index (κ2) is 4.64. The summed E-state index contributed by atoms with van der Waals surface area (Å²) < 4.78 is 0. The quantitative estimate of drug-likeness (QED) is 0.636. The van der Waals surface area contributed by atoms with Crippen LogP contribution in [0, 0.1) is 18.3 Å². The summed E-state index contributed by atoms with van der Waals surface area (Å²) in [4.78, 5) is 2.43. The molecule has 0 aromatic rings. The molecule has 1 fully saturated rings. The first-order valence-corrected chi connectivity index (χ1v) is 5.09. The van der Waals surface area contributed by atoms with Gasteiger partial charge in [-0.05, 0) is 12.8 Å². The third-order valence-corrected chi connectivity index (χ3v) is 2.71. The van der Waals surface area contributed by atoms with Crippen molar-refractivity contribution in [2.45, 2.75) is 32.9 Å². The second-order valence-electron chi connectivity index (χ2n) is 4.15. The molecule has 0 aromatic heterocycles. The topological polar surface area (TPSA) is 15.3 Å². The number of hydrogen-bond donors (Lipinski definition) is 1. The van der Waals surface area contributed by atoms with E-state index >= 15 is 0 Å². The van der Waals surface area contributed by atoms with Crippen LogP contribution in [-0.4, -0.2) is 36.6 Å². The Hall–Kier alpha value is -0.520. The van der Waals surface area contributed by atoms with Gasteiger partial charge in [-0.15, -0.1) is 6.42 Å². The molecule has 1 saturated heterocycles. The molecule has 0 saturated carbocycles. The summed E-state index contributed by atoms with van der Waals surface area (Å²) in [5, 5.41) is 3.37. The lowest BCUT2D eigenvalue weighted by Crippen LogP contribution is -2.54. The van der Waals surface area contributed by atoms with Gasteiger partial charge in [-0.25, -0.2) is 0 Å². The lowest BCUT2D eigenvalue weighted by Gasteiger charge is -2.39. The standard InChI is InChI=1S/C11H20N2/c1-5-11(9(2)3)13-7-6-12-8-10(13)4/h1,9-12H,6-8H2,2-4H3. The molecule has 2 unspecified atom stereocenters. The number of nitrogens with zero attached hydrogens (tertiary/aromatic N) is 1. The molecule has 2 heteroatoms. The monoisotopic (exact) mass is 180 g/mol. The molecule has 0 aliphatic carbocycles. The van der Waals surface area contributed by atoms with Crippen LogP contribution in [0.4, 0.5) is 0 Å². The summed E-state index contributed by atoms with van der Waals surface area (Å²) in [7, 11) is 0. The van der Waals surface area contributed by atoms with Crippen molar-refractivity contribution in [1.29, 1.82) is 0 Å². The van der Waals surface area contributed by atoms with Crippen molar-refractivity contribution in [1.82, 2.24) is 10.2 Å². The predicted octanol–water partition coefficient (Wildman–Crippen LogP) is 0.938. The second-order valence-corrected chi connectivity index (χ2v) is 4.15. The first-order valence-electron chi connectivity index (χ1n) is 5.09. The molecule has 0 radical (unpaired) electrons. The van der Waals surface area contributed by atoms with Crippen molar-refractivity contribution >= 4 is 0 Å². The van der Waals surface area contributed by atoms with Crippen LogP contribution in [0.2, 0.25) is 0 Å². The lowest BCUT2D eigenvalue weighted by atomic mass is 10.0. The van der Waals surface area contributed by atoms with Crippen molar-refractivity contribution < 1.29 is 0 Å². The molecule has 0 bridgehead atoms. The SMILES string of the molecule is C#CC(C(C)C)N1CCNCC1C. The summed E-state index contributed by atoms with van der Waals surface area (Å²) in [5.41, 5.74) is 0. The minimum absolute atomic E-state index is 0.303. The number of piperazine rings is 1. The first kappa shape index (κ1) is 10.6. The molecular formula is C11H20N2. The van der Waals surface area contributed by atoms with Crippen LogP contribution in [0.15, 0.2) is 0 Å². The third kappa shape index (κ3) is 2.46. The van der Waals surface area contributed by atoms with E-state index in [1.165, 1.54) is 0 Å². The van der Waals surface area contributed by atoms with Crippen LogP contribution >= 0.6 is 0 Å². The van der Waals surface area contributed by atoms with Crippen LogP contribution in [0.3, 0.4) is 0 Å². The molecule has 2 nitrogen and oxygen atoms in total. The summed E-state index contributed by atoms with van der Waals surface area (Å²) in [6.07, 6.45) is 5.55. The molecule has 0 spiro atoms. The van der Waals surface area contributed by atoms with Crippen LogP contribution < -0.4 is 5.32 Å². The number of nitrogens with one attached hydrogen (secondary N) is 1. The molecule has 74 valence electrons. The minimum Gasteiger partial charge on any atom is -0.314 e. The molecule has 1 aliphatic heterocycles. The van der Waals surface area contributed by atoms with Gasteiger partial charge in [-0.2, -0.15) is 0 Å². The van der Waals surface area contributed by atoms with Gasteiger partial charge in [0.25, 0.3) is 0 Å². The number of hydrogen-bond acceptors (Lipinski definition) is 2. The van der Waals surface area contributed by atoms with Crippen LogP contribution in [0.5, 0.6) is 0 Å². The first-order chi connectivity index (χ1) is 6.16. The van der Waals surface area contributed by atoms with Gasteiger partial charge in [-0.3, -0.25) is 4.90 Å². The summed E-state index contributed by atoms with van der Waals surface area (Å²) in [6.45, 7) is 9.83. The normalized spacial score (nSPS) is 27.2. The van der Waals surface area contributed by atoms with E-state index in [-0.39, 0.29) is 0 Å². The van der Waals surface area contributed by atoms with Gasteiger partial charge < -0.3 is 5.32 Å². The molecule has 13 heavy (non-hydrogen) atoms. The Morgan fingerprint density at radius 1 is 1.54 bits per heavy atom. The molecule has 1 rings (SSSR count). The fourth-order valence-electron chi connectivity index (χ4n) is 1.94. The summed E-state index contributed by atoms with van der Waals surface area (Å²) in [6, 6.07) is 0.870. The molecule has 0 aromatic carbocycles. The zero-order chi connectivity index (χ0) is 9.84. The maximum Gasteiger partial charge on any atom is 0.0738 e. The van der Waals surface area contributed by atoms with Gasteiger partial charge in [0.15, 0.2) is 0 Å². The summed E-state index contributed by atoms with van der Waals surface area (Å²) >= 11 is 0. The summed E-state index contributed by atoms with van der Waals surface area (Å²) in [5.74, 6) is 3.45. The average molecular weight is 180 g/mol. The largest absolute Gasteiger partial charge is 0.314 e. The molecule has 2 atom stereocenters. The van der Waals surface area contributed by atoms with Crippen LogP contribution in [0.1, 0.15) is 20.8 Å². The van der Waals surface area contributed by atoms with E-state index in [1.54, 1.807) is 0 Å². The van der Waals surface area contributed by atoms with E-state index in [1.807, 2.05) is 0 Å². The van der Waals surface area contributed by atoms with E-state index < -0.39 is 0 Å². The third-order valence-electron chi connectivity index (χ3n) is 2.71. The van der Waals surface area contributed by atoms with Gasteiger partial charge in [0, 0.05) is 25.7 Å². The Balaban J connectivity index is 2.61. The van der Waals surface area contributed by atoms with E-state index in [2.05, 4.69) is 36.9 Å². The Morgan fingerprint density at radius 2 is 2.23 bits per heavy atom. The maximum atomic E-state index is 5.55. The molecule has 1 heterocycles. The van der Waals surface area contributed by atoms with Crippen molar-refractivity contribution in [3.63, 3.8) is 0 Å². The highest BCUT2D eigenvalue weighted by atomic mass is 15.2. The van der Waals surface area contributed by atoms with Crippen molar-refractivity contribution in [3.05, 3.63) is 0 Å². The fraction of sp³-hybridized carbons (Fsp3) is 0.818. The van der Waals surface area contributed by atoms with Gasteiger partial charge in [0.1, 0.15) is 0 Å². The Kier molecular flexibility index (Phi) is 3.77. The number of terminal acetylenes is 1. The van der Waals surface area contributed by atoms with Crippen LogP contribution in [0.25, 0.3) is 0 Å². The van der Waals surface area contributed by atoms with Gasteiger partial charge in [0.05, 0.1) is 6.04 Å². The highest BCUT2D eigenvalue weighted by Crippen LogP contribution is 2.14. The lowest BCUT2D eigenvalue weighted by molar-refractivity contribution is 0.120. The average Bonchev–Trinajstić information content (AvgIpc) is 2.09. The predicted molar refractivity (Wildman–Crippen MR) is 56.5 cm³/mol. The molecule has 0 amide bonds. The highest BCUT2D eigenvalue weighted by Gasteiger charge is 2.26. The van der Waals surface area contributed by atoms with Crippen LogP contribution in [-0.2, 0) is 0 Å². The Labute approximate surface area is 81.7 Å². The fourth-order valence-corrected chi connectivity index (χ4v) is 1.94. The molecule has 1 aliphatic rings. The molecular weight excluding hydrogens is 160 g/mol. The van der Waals surface area contributed by atoms with Gasteiger partial charge in [0.2, 0.25) is 0 Å². The molecule has 1 N–H and O–H groups in total. The van der Waals surface area contributed by atoms with Gasteiger partial charge in [-0.1, -0.05) is 19.8 Å². The van der Waals surface area contributed by atoms with Gasteiger partial charge >= 0.3 is 0 Å².